The summed E-state index contributed by atoms with van der Waals surface area (Å²) in [5.74, 6) is 2.08. The lowest BCUT2D eigenvalue weighted by molar-refractivity contribution is 0.533. The predicted molar refractivity (Wildman–Crippen MR) is 63.9 cm³/mol. The van der Waals surface area contributed by atoms with Crippen LogP contribution in [-0.2, 0) is 0 Å². The van der Waals surface area contributed by atoms with Gasteiger partial charge in [-0.2, -0.15) is 0 Å². The average Bonchev–Trinajstić information content (AvgIpc) is 3.00. The molecule has 0 atom stereocenters. The fraction of sp³-hybridized carbons (Fsp3) is 0.250. The van der Waals surface area contributed by atoms with E-state index < -0.39 is 0 Å². The molecule has 2 heterocycles. The monoisotopic (exact) mass is 228 g/mol. The van der Waals surface area contributed by atoms with Crippen LogP contribution < -0.4 is 5.32 Å². The number of hydrogen-bond acceptors (Lipinski definition) is 5. The Morgan fingerprint density at radius 3 is 2.47 bits per heavy atom. The molecule has 17 heavy (non-hydrogen) atoms. The van der Waals surface area contributed by atoms with Gasteiger partial charge in [-0.3, -0.25) is 4.99 Å². The van der Waals surface area contributed by atoms with E-state index in [1.807, 2.05) is 24.3 Å². The maximum absolute atomic E-state index is 5.37. The lowest BCUT2D eigenvalue weighted by atomic mass is 10.1. The zero-order chi connectivity index (χ0) is 11.7. The molecule has 1 aliphatic heterocycles. The van der Waals surface area contributed by atoms with Crippen LogP contribution in [0.1, 0.15) is 11.5 Å². The van der Waals surface area contributed by atoms with Crippen molar-refractivity contribution in [3.8, 4) is 11.5 Å². The largest absolute Gasteiger partial charge is 0.421 e. The molecule has 0 radical (unpaired) electrons. The zero-order valence-electron chi connectivity index (χ0n) is 9.47. The van der Waals surface area contributed by atoms with Gasteiger partial charge in [-0.25, -0.2) is 0 Å². The van der Waals surface area contributed by atoms with Crippen LogP contribution in [0.2, 0.25) is 0 Å². The van der Waals surface area contributed by atoms with Gasteiger partial charge in [0.25, 0.3) is 0 Å². The molecular formula is C12H12N4O. The predicted octanol–water partition coefficient (Wildman–Crippen LogP) is 1.39. The molecule has 5 nitrogen and oxygen atoms in total. The summed E-state index contributed by atoms with van der Waals surface area (Å²) in [6, 6.07) is 7.94. The van der Waals surface area contributed by atoms with Crippen molar-refractivity contribution < 1.29 is 4.42 Å². The lowest BCUT2D eigenvalue weighted by Gasteiger charge is -2.02. The molecule has 0 fully saturated rings. The Balaban J connectivity index is 1.89. The topological polar surface area (TPSA) is 63.3 Å². The van der Waals surface area contributed by atoms with Gasteiger partial charge in [0, 0.05) is 24.6 Å². The standard InChI is InChI=1S/C12H12N4O/c1-8-15-16-12(17-8)10-4-2-9(3-5-10)11-13-6-7-14-11/h2-5H,6-7H2,1H3,(H,13,14). The van der Waals surface area contributed by atoms with Gasteiger partial charge in [-0.15, -0.1) is 10.2 Å². The molecule has 0 aliphatic carbocycles. The number of nitrogens with zero attached hydrogens (tertiary/aromatic N) is 3. The van der Waals surface area contributed by atoms with Gasteiger partial charge < -0.3 is 9.73 Å². The Labute approximate surface area is 98.6 Å². The minimum Gasteiger partial charge on any atom is -0.421 e. The molecule has 0 spiro atoms. The third-order valence-electron chi connectivity index (χ3n) is 2.61. The van der Waals surface area contributed by atoms with Crippen molar-refractivity contribution in [2.75, 3.05) is 13.1 Å². The van der Waals surface area contributed by atoms with E-state index in [2.05, 4.69) is 20.5 Å². The highest BCUT2D eigenvalue weighted by atomic mass is 16.4. The van der Waals surface area contributed by atoms with Crippen molar-refractivity contribution in [1.29, 1.82) is 0 Å². The Morgan fingerprint density at radius 1 is 1.12 bits per heavy atom. The molecule has 1 aromatic heterocycles. The Hall–Kier alpha value is -2.17. The fourth-order valence-corrected chi connectivity index (χ4v) is 1.78. The third kappa shape index (κ3) is 1.91. The first-order valence-electron chi connectivity index (χ1n) is 5.52. The molecule has 0 saturated heterocycles. The molecule has 0 unspecified atom stereocenters. The molecule has 1 N–H and O–H groups in total. The first kappa shape index (κ1) is 10.0. The van der Waals surface area contributed by atoms with Crippen LogP contribution in [0, 0.1) is 6.92 Å². The summed E-state index contributed by atoms with van der Waals surface area (Å²) >= 11 is 0. The van der Waals surface area contributed by atoms with E-state index in [1.54, 1.807) is 6.92 Å². The molecule has 2 aromatic rings. The van der Waals surface area contributed by atoms with E-state index >= 15 is 0 Å². The second-order valence-corrected chi connectivity index (χ2v) is 3.86. The van der Waals surface area contributed by atoms with E-state index in [0.29, 0.717) is 11.8 Å². The summed E-state index contributed by atoms with van der Waals surface area (Å²) in [5, 5.41) is 11.0. The van der Waals surface area contributed by atoms with Crippen molar-refractivity contribution in [1.82, 2.24) is 15.5 Å². The molecule has 86 valence electrons. The smallest absolute Gasteiger partial charge is 0.247 e. The number of rotatable bonds is 2. The van der Waals surface area contributed by atoms with Crippen molar-refractivity contribution in [2.24, 2.45) is 4.99 Å². The van der Waals surface area contributed by atoms with Crippen LogP contribution in [-0.4, -0.2) is 29.1 Å². The zero-order valence-corrected chi connectivity index (χ0v) is 9.47. The molecule has 1 aromatic carbocycles. The maximum Gasteiger partial charge on any atom is 0.247 e. The highest BCUT2D eigenvalue weighted by Crippen LogP contribution is 2.18. The SMILES string of the molecule is Cc1nnc(-c2ccc(C3=NCCN3)cc2)o1. The van der Waals surface area contributed by atoms with Gasteiger partial charge in [0.05, 0.1) is 6.54 Å². The van der Waals surface area contributed by atoms with E-state index in [4.69, 9.17) is 4.42 Å². The van der Waals surface area contributed by atoms with Crippen LogP contribution in [0.3, 0.4) is 0 Å². The number of hydrogen-bond donors (Lipinski definition) is 1. The normalized spacial score (nSPS) is 14.5. The van der Waals surface area contributed by atoms with E-state index in [1.165, 1.54) is 0 Å². The van der Waals surface area contributed by atoms with Crippen LogP contribution in [0.25, 0.3) is 11.5 Å². The van der Waals surface area contributed by atoms with Gasteiger partial charge in [-0.05, 0) is 12.1 Å². The van der Waals surface area contributed by atoms with Crippen LogP contribution in [0.5, 0.6) is 0 Å². The maximum atomic E-state index is 5.37. The number of benzene rings is 1. The Bertz CT molecular complexity index is 556. The summed E-state index contributed by atoms with van der Waals surface area (Å²) in [6.07, 6.45) is 0. The molecule has 0 amide bonds. The van der Waals surface area contributed by atoms with E-state index in [-0.39, 0.29) is 0 Å². The van der Waals surface area contributed by atoms with E-state index in [9.17, 15) is 0 Å². The second kappa shape index (κ2) is 4.01. The van der Waals surface area contributed by atoms with E-state index in [0.717, 1.165) is 30.1 Å². The number of aromatic nitrogens is 2. The second-order valence-electron chi connectivity index (χ2n) is 3.86. The molecule has 0 bridgehead atoms. The van der Waals surface area contributed by atoms with Gasteiger partial charge in [-0.1, -0.05) is 12.1 Å². The molecule has 0 saturated carbocycles. The number of aliphatic imine (C=N–C) groups is 1. The van der Waals surface area contributed by atoms with Gasteiger partial charge in [0.1, 0.15) is 5.84 Å². The third-order valence-corrected chi connectivity index (χ3v) is 2.61. The minimum absolute atomic E-state index is 0.551. The number of aryl methyl sites for hydroxylation is 1. The summed E-state index contributed by atoms with van der Waals surface area (Å²) in [7, 11) is 0. The van der Waals surface area contributed by atoms with Crippen molar-refractivity contribution in [3.05, 3.63) is 35.7 Å². The van der Waals surface area contributed by atoms with Crippen LogP contribution >= 0.6 is 0 Å². The molecule has 3 rings (SSSR count). The highest BCUT2D eigenvalue weighted by molar-refractivity contribution is 5.99. The van der Waals surface area contributed by atoms with Crippen molar-refractivity contribution >= 4 is 5.84 Å². The first-order valence-corrected chi connectivity index (χ1v) is 5.52. The molecule has 1 aliphatic rings. The molecular weight excluding hydrogens is 216 g/mol. The van der Waals surface area contributed by atoms with Crippen molar-refractivity contribution in [3.63, 3.8) is 0 Å². The summed E-state index contributed by atoms with van der Waals surface area (Å²) < 4.78 is 5.37. The lowest BCUT2D eigenvalue weighted by Crippen LogP contribution is -2.19. The fourth-order valence-electron chi connectivity index (χ4n) is 1.78. The minimum atomic E-state index is 0.551. The van der Waals surface area contributed by atoms with Gasteiger partial charge in [0.15, 0.2) is 0 Å². The van der Waals surface area contributed by atoms with Crippen LogP contribution in [0.4, 0.5) is 0 Å². The quantitative estimate of drug-likeness (QED) is 0.843. The van der Waals surface area contributed by atoms with Crippen LogP contribution in [0.15, 0.2) is 33.7 Å². The van der Waals surface area contributed by atoms with Gasteiger partial charge in [0.2, 0.25) is 11.8 Å². The Kier molecular flexibility index (Phi) is 2.36. The molecule has 5 heteroatoms. The summed E-state index contributed by atoms with van der Waals surface area (Å²) in [6.45, 7) is 3.54. The highest BCUT2D eigenvalue weighted by Gasteiger charge is 2.09. The first-order chi connectivity index (χ1) is 8.33. The Morgan fingerprint density at radius 2 is 1.88 bits per heavy atom. The van der Waals surface area contributed by atoms with Crippen molar-refractivity contribution in [2.45, 2.75) is 6.92 Å². The van der Waals surface area contributed by atoms with Gasteiger partial charge >= 0.3 is 0 Å². The summed E-state index contributed by atoms with van der Waals surface area (Å²) in [5.41, 5.74) is 2.01. The average molecular weight is 228 g/mol. The number of amidine groups is 1. The number of nitrogens with one attached hydrogen (secondary N) is 1. The summed E-state index contributed by atoms with van der Waals surface area (Å²) in [4.78, 5) is 4.37.